The number of aliphatic hydroxyl groups excluding tert-OH is 1. The minimum Gasteiger partial charge on any atom is -0.396 e. The van der Waals surface area contributed by atoms with Gasteiger partial charge in [0.15, 0.2) is 0 Å². The number of para-hydroxylation sites is 1. The van der Waals surface area contributed by atoms with Crippen LogP contribution in [0.2, 0.25) is 0 Å². The zero-order chi connectivity index (χ0) is 20.9. The van der Waals surface area contributed by atoms with Gasteiger partial charge in [0.05, 0.1) is 22.2 Å². The quantitative estimate of drug-likeness (QED) is 0.558. The monoisotopic (exact) mass is 399 g/mol. The van der Waals surface area contributed by atoms with E-state index >= 15 is 8.78 Å². The van der Waals surface area contributed by atoms with Gasteiger partial charge in [-0.15, -0.1) is 0 Å². The Balaban J connectivity index is 2.01. The van der Waals surface area contributed by atoms with E-state index in [4.69, 9.17) is 4.84 Å². The number of halogens is 2. The Hall–Kier alpha value is -2.93. The molecule has 1 aliphatic heterocycles. The Morgan fingerprint density at radius 1 is 1.24 bits per heavy atom. The normalized spacial score (nSPS) is 19.3. The maximum absolute atomic E-state index is 15.8. The number of aromatic nitrogens is 1. The highest BCUT2D eigenvalue weighted by Crippen LogP contribution is 2.40. The molecule has 0 amide bonds. The van der Waals surface area contributed by atoms with Crippen molar-refractivity contribution in [2.75, 3.05) is 11.9 Å². The number of fused-ring (bicyclic) bond motifs is 2. The first kappa shape index (κ1) is 19.4. The largest absolute Gasteiger partial charge is 0.396 e. The van der Waals surface area contributed by atoms with Gasteiger partial charge in [-0.25, -0.2) is 8.78 Å². The summed E-state index contributed by atoms with van der Waals surface area (Å²) in [5.41, 5.74) is 1.28. The van der Waals surface area contributed by atoms with Crippen LogP contribution in [0.5, 0.6) is 0 Å². The van der Waals surface area contributed by atoms with Crippen LogP contribution in [-0.2, 0) is 4.84 Å². The van der Waals surface area contributed by atoms with Crippen LogP contribution in [0, 0.1) is 18.6 Å². The maximum Gasteiger partial charge on any atom is 0.145 e. The van der Waals surface area contributed by atoms with E-state index in [9.17, 15) is 5.11 Å². The predicted octanol–water partition coefficient (Wildman–Crippen LogP) is 4.73. The number of nitrogens with one attached hydrogen (secondary N) is 2. The van der Waals surface area contributed by atoms with Crippen LogP contribution in [0.1, 0.15) is 31.9 Å². The second-order valence-electron chi connectivity index (χ2n) is 7.81. The molecule has 0 bridgehead atoms. The number of anilines is 1. The Bertz CT molecular complexity index is 1130. The van der Waals surface area contributed by atoms with E-state index in [1.54, 1.807) is 39.1 Å². The summed E-state index contributed by atoms with van der Waals surface area (Å²) >= 11 is 0. The number of H-pyrrole nitrogens is 1. The Morgan fingerprint density at radius 3 is 2.72 bits per heavy atom. The minimum absolute atomic E-state index is 0.0157. The molecule has 5 nitrogen and oxygen atoms in total. The molecule has 1 atom stereocenters. The zero-order valence-corrected chi connectivity index (χ0v) is 16.7. The average molecular weight is 399 g/mol. The van der Waals surface area contributed by atoms with E-state index in [-0.39, 0.29) is 29.1 Å². The molecular weight excluding hydrogens is 376 g/mol. The fourth-order valence-electron chi connectivity index (χ4n) is 3.84. The fourth-order valence-corrected chi connectivity index (χ4v) is 3.84. The number of aliphatic hydroxyl groups is 1. The number of nitrogens with zero attached hydrogens (tertiary/aromatic N) is 1. The third-order valence-corrected chi connectivity index (χ3v) is 5.36. The molecule has 152 valence electrons. The van der Waals surface area contributed by atoms with Crippen molar-refractivity contribution in [2.24, 2.45) is 5.16 Å². The van der Waals surface area contributed by atoms with Crippen LogP contribution in [0.3, 0.4) is 0 Å². The van der Waals surface area contributed by atoms with Gasteiger partial charge >= 0.3 is 0 Å². The number of aryl methyl sites for hydroxylation is 1. The van der Waals surface area contributed by atoms with E-state index in [1.165, 1.54) is 6.07 Å². The van der Waals surface area contributed by atoms with Gasteiger partial charge < -0.3 is 20.2 Å². The summed E-state index contributed by atoms with van der Waals surface area (Å²) in [6.45, 7) is 7.39. The van der Waals surface area contributed by atoms with Crippen molar-refractivity contribution >= 4 is 22.3 Å². The Morgan fingerprint density at radius 2 is 2.00 bits per heavy atom. The molecule has 0 fully saturated rings. The molecule has 0 spiro atoms. The molecule has 0 radical (unpaired) electrons. The molecule has 2 heterocycles. The van der Waals surface area contributed by atoms with Gasteiger partial charge in [-0.2, -0.15) is 0 Å². The minimum atomic E-state index is -1.14. The third kappa shape index (κ3) is 2.97. The highest BCUT2D eigenvalue weighted by molar-refractivity contribution is 6.12. The standard InChI is InChI=1S/C22H23F2N3O2/c1-5-29-27-20-17-15(26-22(3,4)21(20)28)9-14(23)16(18(17)24)13-8-6-7-12-11(2)10-25-19(12)13/h6-10,21,25-26,28H,5H2,1-4H3/b27-20+. The van der Waals surface area contributed by atoms with Crippen LogP contribution >= 0.6 is 0 Å². The van der Waals surface area contributed by atoms with Gasteiger partial charge in [0.25, 0.3) is 0 Å². The van der Waals surface area contributed by atoms with Gasteiger partial charge in [-0.3, -0.25) is 0 Å². The number of hydrogen-bond donors (Lipinski definition) is 3. The molecule has 3 N–H and O–H groups in total. The van der Waals surface area contributed by atoms with Crippen molar-refractivity contribution in [2.45, 2.75) is 39.3 Å². The lowest BCUT2D eigenvalue weighted by atomic mass is 9.83. The van der Waals surface area contributed by atoms with Gasteiger partial charge in [0.1, 0.15) is 30.1 Å². The van der Waals surface area contributed by atoms with Crippen LogP contribution in [-0.4, -0.2) is 34.1 Å². The number of hydrogen-bond acceptors (Lipinski definition) is 4. The first-order chi connectivity index (χ1) is 13.8. The van der Waals surface area contributed by atoms with Crippen molar-refractivity contribution in [1.29, 1.82) is 0 Å². The summed E-state index contributed by atoms with van der Waals surface area (Å²) in [7, 11) is 0. The van der Waals surface area contributed by atoms with Crippen LogP contribution in [0.15, 0.2) is 35.6 Å². The number of oxime groups is 1. The Labute approximate surface area is 167 Å². The van der Waals surface area contributed by atoms with Gasteiger partial charge in [-0.1, -0.05) is 23.4 Å². The second-order valence-corrected chi connectivity index (χ2v) is 7.81. The number of aromatic amines is 1. The van der Waals surface area contributed by atoms with Gasteiger partial charge in [0, 0.05) is 22.8 Å². The lowest BCUT2D eigenvalue weighted by Gasteiger charge is -2.39. The molecule has 2 aromatic carbocycles. The first-order valence-corrected chi connectivity index (χ1v) is 9.51. The number of rotatable bonds is 3. The maximum atomic E-state index is 15.8. The van der Waals surface area contributed by atoms with E-state index < -0.39 is 23.3 Å². The summed E-state index contributed by atoms with van der Waals surface area (Å²) in [4.78, 5) is 8.24. The van der Waals surface area contributed by atoms with Crippen molar-refractivity contribution in [3.05, 3.63) is 53.2 Å². The average Bonchev–Trinajstić information content (AvgIpc) is 3.04. The molecule has 1 unspecified atom stereocenters. The van der Waals surface area contributed by atoms with E-state index in [1.807, 2.05) is 13.0 Å². The van der Waals surface area contributed by atoms with Crippen molar-refractivity contribution in [3.63, 3.8) is 0 Å². The molecule has 7 heteroatoms. The molecule has 0 saturated heterocycles. The van der Waals surface area contributed by atoms with Crippen molar-refractivity contribution in [1.82, 2.24) is 4.98 Å². The van der Waals surface area contributed by atoms with Crippen molar-refractivity contribution in [3.8, 4) is 11.1 Å². The lowest BCUT2D eigenvalue weighted by molar-refractivity contribution is 0.137. The third-order valence-electron chi connectivity index (χ3n) is 5.36. The Kier molecular flexibility index (Phi) is 4.58. The second kappa shape index (κ2) is 6.84. The van der Waals surface area contributed by atoms with Gasteiger partial charge in [0.2, 0.25) is 0 Å². The van der Waals surface area contributed by atoms with Gasteiger partial charge in [-0.05, 0) is 39.3 Å². The van der Waals surface area contributed by atoms with E-state index in [2.05, 4.69) is 15.5 Å². The molecule has 1 aliphatic rings. The van der Waals surface area contributed by atoms with Crippen LogP contribution in [0.4, 0.5) is 14.5 Å². The molecule has 3 aromatic rings. The van der Waals surface area contributed by atoms with E-state index in [0.717, 1.165) is 10.9 Å². The summed E-state index contributed by atoms with van der Waals surface area (Å²) in [6, 6.07) is 6.58. The predicted molar refractivity (Wildman–Crippen MR) is 110 cm³/mol. The SMILES string of the molecule is CCO/N=C1\c2c(cc(F)c(-c3cccc4c(C)c[nH]c34)c2F)NC(C)(C)C1O. The first-order valence-electron chi connectivity index (χ1n) is 9.51. The highest BCUT2D eigenvalue weighted by Gasteiger charge is 2.42. The smallest absolute Gasteiger partial charge is 0.145 e. The highest BCUT2D eigenvalue weighted by atomic mass is 19.1. The zero-order valence-electron chi connectivity index (χ0n) is 16.7. The topological polar surface area (TPSA) is 69.6 Å². The lowest BCUT2D eigenvalue weighted by Crippen LogP contribution is -2.52. The molecular formula is C22H23F2N3O2. The summed E-state index contributed by atoms with van der Waals surface area (Å²) in [5.74, 6) is -1.49. The molecule has 4 rings (SSSR count). The summed E-state index contributed by atoms with van der Waals surface area (Å²) < 4.78 is 31.0. The van der Waals surface area contributed by atoms with Crippen molar-refractivity contribution < 1.29 is 18.7 Å². The molecule has 0 aliphatic carbocycles. The van der Waals surface area contributed by atoms with Crippen LogP contribution < -0.4 is 5.32 Å². The fraction of sp³-hybridized carbons (Fsp3) is 0.318. The summed E-state index contributed by atoms with van der Waals surface area (Å²) in [6.07, 6.45) is 0.663. The van der Waals surface area contributed by atoms with Crippen LogP contribution in [0.25, 0.3) is 22.0 Å². The molecule has 0 saturated carbocycles. The molecule has 1 aromatic heterocycles. The molecule has 29 heavy (non-hydrogen) atoms. The van der Waals surface area contributed by atoms with E-state index in [0.29, 0.717) is 11.1 Å². The summed E-state index contributed by atoms with van der Waals surface area (Å²) in [5, 5.41) is 18.6. The number of benzene rings is 2.